The average molecular weight is 593 g/mol. The van der Waals surface area contributed by atoms with Crippen LogP contribution in [0, 0.1) is 0 Å². The van der Waals surface area contributed by atoms with E-state index in [-0.39, 0.29) is 17.7 Å². The van der Waals surface area contributed by atoms with Gasteiger partial charge in [0.1, 0.15) is 6.61 Å². The molecule has 1 saturated heterocycles. The van der Waals surface area contributed by atoms with E-state index in [1.807, 2.05) is 37.3 Å². The van der Waals surface area contributed by atoms with Crippen molar-refractivity contribution < 1.29 is 19.1 Å². The number of carbonyl (C=O) groups is 2. The van der Waals surface area contributed by atoms with E-state index in [4.69, 9.17) is 32.7 Å². The monoisotopic (exact) mass is 591 g/mol. The molecule has 0 atom stereocenters. The number of thioether (sulfide) groups is 1. The predicted molar refractivity (Wildman–Crippen MR) is 144 cm³/mol. The van der Waals surface area contributed by atoms with E-state index < -0.39 is 0 Å². The van der Waals surface area contributed by atoms with Gasteiger partial charge in [-0.25, -0.2) is 0 Å². The molecule has 180 valence electrons. The van der Waals surface area contributed by atoms with Crippen LogP contribution in [0.15, 0.2) is 70.0 Å². The Morgan fingerprint density at radius 2 is 1.66 bits per heavy atom. The van der Waals surface area contributed by atoms with Gasteiger partial charge in [0.15, 0.2) is 11.5 Å². The Bertz CT molecular complexity index is 1300. The minimum atomic E-state index is -0.361. The first kappa shape index (κ1) is 25.6. The van der Waals surface area contributed by atoms with Gasteiger partial charge in [-0.3, -0.25) is 14.5 Å². The maximum atomic E-state index is 12.9. The zero-order chi connectivity index (χ0) is 24.9. The van der Waals surface area contributed by atoms with Crippen LogP contribution in [0.3, 0.4) is 0 Å². The molecular weight excluding hydrogens is 573 g/mol. The average Bonchev–Trinajstić information content (AvgIpc) is 3.09. The van der Waals surface area contributed by atoms with Crippen molar-refractivity contribution in [2.45, 2.75) is 20.1 Å². The molecule has 0 aliphatic carbocycles. The number of hydrogen-bond donors (Lipinski definition) is 0. The lowest BCUT2D eigenvalue weighted by Gasteiger charge is -2.13. The number of hydrogen-bond acceptors (Lipinski definition) is 5. The number of benzene rings is 3. The molecule has 3 aromatic carbocycles. The van der Waals surface area contributed by atoms with E-state index in [2.05, 4.69) is 15.9 Å². The summed E-state index contributed by atoms with van der Waals surface area (Å²) in [5, 5.41) is 0.447. The Labute approximate surface area is 226 Å². The lowest BCUT2D eigenvalue weighted by molar-refractivity contribution is -0.123. The number of imide groups is 1. The van der Waals surface area contributed by atoms with Crippen LogP contribution in [0.2, 0.25) is 10.0 Å². The third-order valence-electron chi connectivity index (χ3n) is 5.07. The van der Waals surface area contributed by atoms with Crippen molar-refractivity contribution in [3.8, 4) is 11.5 Å². The third-order valence-corrected chi connectivity index (χ3v) is 7.25. The fourth-order valence-corrected chi connectivity index (χ4v) is 4.78. The molecule has 9 heteroatoms. The van der Waals surface area contributed by atoms with E-state index in [9.17, 15) is 9.59 Å². The van der Waals surface area contributed by atoms with Gasteiger partial charge in [-0.1, -0.05) is 63.4 Å². The molecule has 2 amide bonds. The number of rotatable bonds is 8. The SMILES string of the molecule is CCOc1cc(/C=C2\SC(=O)N(Cc3ccc(Cl)c(Cl)c3)C2=O)ccc1OCc1ccc(Br)cc1. The third kappa shape index (κ3) is 6.41. The molecule has 0 aromatic heterocycles. The molecule has 1 fully saturated rings. The largest absolute Gasteiger partial charge is 0.490 e. The van der Waals surface area contributed by atoms with Crippen molar-refractivity contribution in [2.75, 3.05) is 6.61 Å². The van der Waals surface area contributed by atoms with E-state index in [0.29, 0.717) is 45.2 Å². The topological polar surface area (TPSA) is 55.8 Å². The van der Waals surface area contributed by atoms with Gasteiger partial charge in [0.2, 0.25) is 0 Å². The summed E-state index contributed by atoms with van der Waals surface area (Å²) in [4.78, 5) is 27.0. The van der Waals surface area contributed by atoms with Gasteiger partial charge in [-0.15, -0.1) is 0 Å². The summed E-state index contributed by atoms with van der Waals surface area (Å²) in [6.07, 6.45) is 1.68. The van der Waals surface area contributed by atoms with Crippen LogP contribution in [-0.2, 0) is 17.9 Å². The molecule has 1 aliphatic rings. The molecule has 1 aliphatic heterocycles. The van der Waals surface area contributed by atoms with Gasteiger partial charge in [0.25, 0.3) is 11.1 Å². The number of halogens is 3. The molecule has 3 aromatic rings. The molecule has 0 N–H and O–H groups in total. The van der Waals surface area contributed by atoms with Gasteiger partial charge in [-0.05, 0) is 77.9 Å². The Morgan fingerprint density at radius 1 is 0.914 bits per heavy atom. The van der Waals surface area contributed by atoms with Crippen molar-refractivity contribution in [1.82, 2.24) is 4.90 Å². The van der Waals surface area contributed by atoms with Crippen LogP contribution in [0.5, 0.6) is 11.5 Å². The van der Waals surface area contributed by atoms with Crippen LogP contribution in [0.1, 0.15) is 23.6 Å². The summed E-state index contributed by atoms with van der Waals surface area (Å²) in [7, 11) is 0. The fraction of sp³-hybridized carbons (Fsp3) is 0.154. The highest BCUT2D eigenvalue weighted by Gasteiger charge is 2.35. The van der Waals surface area contributed by atoms with Crippen LogP contribution in [0.25, 0.3) is 6.08 Å². The van der Waals surface area contributed by atoms with Crippen LogP contribution >= 0.6 is 50.9 Å². The lowest BCUT2D eigenvalue weighted by atomic mass is 10.1. The van der Waals surface area contributed by atoms with Crippen LogP contribution in [0.4, 0.5) is 4.79 Å². The van der Waals surface area contributed by atoms with Gasteiger partial charge in [0, 0.05) is 4.47 Å². The van der Waals surface area contributed by atoms with E-state index in [1.54, 1.807) is 36.4 Å². The summed E-state index contributed by atoms with van der Waals surface area (Å²) < 4.78 is 12.7. The molecule has 5 nitrogen and oxygen atoms in total. The fourth-order valence-electron chi connectivity index (χ4n) is 3.35. The first-order valence-electron chi connectivity index (χ1n) is 10.7. The standard InChI is InChI=1S/C26H20BrCl2NO4S/c1-2-33-23-12-17(6-10-22(23)34-15-16-3-7-19(27)8-4-16)13-24-25(31)30(26(32)35-24)14-18-5-9-20(28)21(29)11-18/h3-13H,2,14-15H2,1H3/b24-13-. The maximum Gasteiger partial charge on any atom is 0.293 e. The van der Waals surface area contributed by atoms with Crippen molar-refractivity contribution in [3.05, 3.63) is 96.8 Å². The maximum absolute atomic E-state index is 12.9. The summed E-state index contributed by atoms with van der Waals surface area (Å²) in [5.41, 5.74) is 2.47. The van der Waals surface area contributed by atoms with Gasteiger partial charge >= 0.3 is 0 Å². The highest BCUT2D eigenvalue weighted by atomic mass is 79.9. The quantitative estimate of drug-likeness (QED) is 0.248. The highest BCUT2D eigenvalue weighted by Crippen LogP contribution is 2.36. The van der Waals surface area contributed by atoms with Crippen molar-refractivity contribution in [3.63, 3.8) is 0 Å². The van der Waals surface area contributed by atoms with E-state index >= 15 is 0 Å². The summed E-state index contributed by atoms with van der Waals surface area (Å²) in [5.74, 6) is 0.799. The highest BCUT2D eigenvalue weighted by molar-refractivity contribution is 9.10. The van der Waals surface area contributed by atoms with Gasteiger partial charge in [0.05, 0.1) is 28.1 Å². The zero-order valence-electron chi connectivity index (χ0n) is 18.6. The Balaban J connectivity index is 1.50. The molecule has 0 unspecified atom stereocenters. The molecule has 0 saturated carbocycles. The zero-order valence-corrected chi connectivity index (χ0v) is 22.5. The molecular formula is C26H20BrCl2NO4S. The van der Waals surface area contributed by atoms with Gasteiger partial charge in [-0.2, -0.15) is 0 Å². The second kappa shape index (κ2) is 11.5. The second-order valence-electron chi connectivity index (χ2n) is 7.57. The van der Waals surface area contributed by atoms with Crippen molar-refractivity contribution in [2.24, 2.45) is 0 Å². The summed E-state index contributed by atoms with van der Waals surface area (Å²) in [6, 6.07) is 18.3. The lowest BCUT2D eigenvalue weighted by Crippen LogP contribution is -2.27. The van der Waals surface area contributed by atoms with Crippen LogP contribution < -0.4 is 9.47 Å². The molecule has 35 heavy (non-hydrogen) atoms. The number of carbonyl (C=O) groups excluding carboxylic acids is 2. The number of ether oxygens (including phenoxy) is 2. The minimum Gasteiger partial charge on any atom is -0.490 e. The number of nitrogens with zero attached hydrogens (tertiary/aromatic N) is 1. The normalized spacial score (nSPS) is 14.6. The summed E-state index contributed by atoms with van der Waals surface area (Å²) >= 11 is 16.3. The molecule has 0 bridgehead atoms. The van der Waals surface area contributed by atoms with Crippen molar-refractivity contribution >= 4 is 68.1 Å². The first-order valence-corrected chi connectivity index (χ1v) is 13.0. The summed E-state index contributed by atoms with van der Waals surface area (Å²) in [6.45, 7) is 2.85. The van der Waals surface area contributed by atoms with Crippen molar-refractivity contribution in [1.29, 1.82) is 0 Å². The van der Waals surface area contributed by atoms with E-state index in [1.165, 1.54) is 4.90 Å². The second-order valence-corrected chi connectivity index (χ2v) is 10.3. The Kier molecular flexibility index (Phi) is 8.44. The van der Waals surface area contributed by atoms with Gasteiger partial charge < -0.3 is 9.47 Å². The Morgan fingerprint density at radius 3 is 2.37 bits per heavy atom. The predicted octanol–water partition coefficient (Wildman–Crippen LogP) is 7.97. The minimum absolute atomic E-state index is 0.117. The number of amides is 2. The van der Waals surface area contributed by atoms with E-state index in [0.717, 1.165) is 27.4 Å². The molecule has 4 rings (SSSR count). The first-order chi connectivity index (χ1) is 16.8. The molecule has 0 spiro atoms. The molecule has 1 heterocycles. The Hall–Kier alpha value is -2.45. The smallest absolute Gasteiger partial charge is 0.293 e. The van der Waals surface area contributed by atoms with Crippen LogP contribution in [-0.4, -0.2) is 22.7 Å². The molecule has 0 radical (unpaired) electrons.